The molecule has 0 saturated carbocycles. The van der Waals surface area contributed by atoms with Crippen LogP contribution in [0, 0.1) is 17.8 Å². The van der Waals surface area contributed by atoms with Crippen molar-refractivity contribution in [1.29, 1.82) is 0 Å². The molecule has 0 aliphatic carbocycles. The molecule has 18 nitrogen and oxygen atoms in total. The molecule has 0 unspecified atom stereocenters. The highest BCUT2D eigenvalue weighted by molar-refractivity contribution is 5.71. The Morgan fingerprint density at radius 3 is 1.82 bits per heavy atom. The summed E-state index contributed by atoms with van der Waals surface area (Å²) in [4.78, 5) is 25.1. The maximum atomic E-state index is 12.6. The topological polar surface area (TPSA) is 320 Å². The van der Waals surface area contributed by atoms with Gasteiger partial charge >= 0.3 is 11.9 Å². The summed E-state index contributed by atoms with van der Waals surface area (Å²) >= 11 is 0. The number of carbonyl (C=O) groups is 2. The number of carbonyl (C=O) groups excluding carboxylic acids is 1. The van der Waals surface area contributed by atoms with Crippen molar-refractivity contribution in [3.8, 4) is 0 Å². The number of carboxylic acid groups (broad SMARTS) is 1. The maximum Gasteiger partial charge on any atom is 0.311 e. The number of esters is 1. The van der Waals surface area contributed by atoms with E-state index in [0.717, 1.165) is 0 Å². The fraction of sp³-hybridized carbons (Fsp3) is 0.660. The predicted octanol–water partition coefficient (Wildman–Crippen LogP) is 0.712. The van der Waals surface area contributed by atoms with E-state index in [1.165, 1.54) is 13.0 Å². The van der Waals surface area contributed by atoms with Crippen LogP contribution in [0.3, 0.4) is 0 Å². The first-order valence-electron chi connectivity index (χ1n) is 22.3. The number of fused-ring (bicyclic) bond motifs is 2. The Kier molecular flexibility index (Phi) is 23.6. The standard InChI is InChI=1S/C47H73NO17/c1-27-17-15-13-11-9-7-5-6-8-10-12-14-16-18-34(64-46-44(58)41(48)43(57)30(4)63-46)24-38-40(45(59)60)37(54)26-47(61,65-38)25-33(51)22-36(53)35(52)20-19-31(49)21-32(50)23-39(55)62-29(3)28(2)42(27)56/h5-18,27-38,40-44,46,49-54,56-58,61H,19-26,48H2,1-4H3,(H,59,60)/b6-5-,9-7-,10-8-,13-11+,14-12-,17-15-,18-16+/t27-,28-,29-,30-,31-,32-,33+,34-,35-,36-,37-,38+,40+,41-,42+,43+,44+,46+,47+/m0/s1. The van der Waals surface area contributed by atoms with Gasteiger partial charge in [0.15, 0.2) is 12.1 Å². The second-order valence-electron chi connectivity index (χ2n) is 17.6. The molecular formula is C47H73NO17. The summed E-state index contributed by atoms with van der Waals surface area (Å²) in [7, 11) is 0. The number of aliphatic hydroxyl groups excluding tert-OH is 9. The van der Waals surface area contributed by atoms with Crippen molar-refractivity contribution in [1.82, 2.24) is 0 Å². The molecule has 3 heterocycles. The van der Waals surface area contributed by atoms with E-state index in [2.05, 4.69) is 0 Å². The average Bonchev–Trinajstić information content (AvgIpc) is 3.21. The molecule has 3 aliphatic heterocycles. The fourth-order valence-electron chi connectivity index (χ4n) is 7.97. The van der Waals surface area contributed by atoms with E-state index in [9.17, 15) is 65.8 Å². The van der Waals surface area contributed by atoms with Crippen LogP contribution in [-0.2, 0) is 28.5 Å². The third-order valence-electron chi connectivity index (χ3n) is 12.0. The lowest BCUT2D eigenvalue weighted by molar-refractivity contribution is -0.308. The van der Waals surface area contributed by atoms with Crippen molar-refractivity contribution < 1.29 is 84.7 Å². The minimum Gasteiger partial charge on any atom is -0.481 e. The minimum absolute atomic E-state index is 0.107. The van der Waals surface area contributed by atoms with Crippen LogP contribution >= 0.6 is 0 Å². The van der Waals surface area contributed by atoms with Gasteiger partial charge in [0.05, 0.1) is 79.6 Å². The summed E-state index contributed by atoms with van der Waals surface area (Å²) in [5.74, 6) is -6.83. The Morgan fingerprint density at radius 2 is 1.23 bits per heavy atom. The highest BCUT2D eigenvalue weighted by atomic mass is 16.7. The number of cyclic esters (lactones) is 1. The van der Waals surface area contributed by atoms with E-state index >= 15 is 0 Å². The zero-order valence-electron chi connectivity index (χ0n) is 37.6. The number of aliphatic carboxylic acids is 1. The van der Waals surface area contributed by atoms with Crippen LogP contribution in [0.25, 0.3) is 0 Å². The Labute approximate surface area is 381 Å². The molecule has 13 N–H and O–H groups in total. The molecule has 0 aromatic carbocycles. The number of hydrogen-bond donors (Lipinski definition) is 12. The molecule has 0 aromatic rings. The number of carboxylic acids is 1. The zero-order chi connectivity index (χ0) is 48.4. The van der Waals surface area contributed by atoms with Gasteiger partial charge in [-0.25, -0.2) is 0 Å². The molecule has 0 aromatic heterocycles. The van der Waals surface area contributed by atoms with E-state index in [1.807, 2.05) is 19.1 Å². The van der Waals surface area contributed by atoms with Crippen LogP contribution in [0.2, 0.25) is 0 Å². The molecule has 368 valence electrons. The Bertz CT molecular complexity index is 1670. The molecular weight excluding hydrogens is 851 g/mol. The molecule has 2 bridgehead atoms. The van der Waals surface area contributed by atoms with E-state index in [-0.39, 0.29) is 31.6 Å². The Morgan fingerprint density at radius 1 is 0.662 bits per heavy atom. The van der Waals surface area contributed by atoms with Crippen LogP contribution in [0.5, 0.6) is 0 Å². The molecule has 19 atom stereocenters. The van der Waals surface area contributed by atoms with Gasteiger partial charge in [0, 0.05) is 37.5 Å². The number of rotatable bonds is 3. The summed E-state index contributed by atoms with van der Waals surface area (Å²) in [5.41, 5.74) is 6.02. The SMILES string of the molecule is C[C@@H]1[C@H](O)[C@@H](C)\C=C/C=C/C=C\C=C/C=C\C=C/C=C/[C@H](O[C@H]2O[C@@H](C)[C@@H](O)[C@H](N)[C@H]2O)C[C@H]2O[C@](O)(C[C@H](O)C[C@H](O)[C@@H](O)CC[C@H](O)C[C@H](O)CC(=O)O[C@H]1C)C[C@H](O)[C@H]2C(=O)O. The second kappa shape index (κ2) is 27.4. The molecule has 0 amide bonds. The molecule has 0 spiro atoms. The monoisotopic (exact) mass is 923 g/mol. The predicted molar refractivity (Wildman–Crippen MR) is 237 cm³/mol. The lowest BCUT2D eigenvalue weighted by Gasteiger charge is -2.45. The van der Waals surface area contributed by atoms with Crippen molar-refractivity contribution in [2.24, 2.45) is 23.5 Å². The first kappa shape index (κ1) is 55.9. The highest BCUT2D eigenvalue weighted by Crippen LogP contribution is 2.38. The van der Waals surface area contributed by atoms with E-state index in [0.29, 0.717) is 0 Å². The fourth-order valence-corrected chi connectivity index (χ4v) is 7.97. The quantitative estimate of drug-likeness (QED) is 0.174. The molecule has 18 heteroatoms. The smallest absolute Gasteiger partial charge is 0.311 e. The van der Waals surface area contributed by atoms with Crippen LogP contribution in [-0.4, -0.2) is 166 Å². The second-order valence-corrected chi connectivity index (χ2v) is 17.6. The van der Waals surface area contributed by atoms with Gasteiger partial charge in [-0.2, -0.15) is 0 Å². The molecule has 2 fully saturated rings. The van der Waals surface area contributed by atoms with Crippen molar-refractivity contribution in [2.75, 3.05) is 0 Å². The molecule has 0 radical (unpaired) electrons. The van der Waals surface area contributed by atoms with Crippen molar-refractivity contribution >= 4 is 11.9 Å². The molecule has 3 rings (SSSR count). The lowest BCUT2D eigenvalue weighted by atomic mass is 9.82. The normalized spacial score (nSPS) is 45.5. The van der Waals surface area contributed by atoms with E-state index < -0.39 is 147 Å². The number of ether oxygens (including phenoxy) is 4. The van der Waals surface area contributed by atoms with Crippen molar-refractivity contribution in [3.63, 3.8) is 0 Å². The zero-order valence-corrected chi connectivity index (χ0v) is 37.6. The molecule has 3 aliphatic rings. The van der Waals surface area contributed by atoms with E-state index in [1.54, 1.807) is 80.7 Å². The minimum atomic E-state index is -2.33. The van der Waals surface area contributed by atoms with Gasteiger partial charge in [-0.15, -0.1) is 0 Å². The highest BCUT2D eigenvalue weighted by Gasteiger charge is 2.51. The Hall–Kier alpha value is -3.44. The third kappa shape index (κ3) is 18.6. The summed E-state index contributed by atoms with van der Waals surface area (Å²) in [5, 5.41) is 118. The van der Waals surface area contributed by atoms with Crippen LogP contribution in [0.4, 0.5) is 0 Å². The molecule has 65 heavy (non-hydrogen) atoms. The van der Waals surface area contributed by atoms with Gasteiger partial charge in [-0.3, -0.25) is 9.59 Å². The van der Waals surface area contributed by atoms with Gasteiger partial charge in [-0.1, -0.05) is 98.9 Å². The first-order chi connectivity index (χ1) is 30.6. The van der Waals surface area contributed by atoms with Crippen molar-refractivity contribution in [2.45, 2.75) is 177 Å². The molecule has 2 saturated heterocycles. The number of nitrogens with two attached hydrogens (primary N) is 1. The maximum absolute atomic E-state index is 12.6. The summed E-state index contributed by atoms with van der Waals surface area (Å²) < 4.78 is 23.1. The van der Waals surface area contributed by atoms with E-state index in [4.69, 9.17) is 24.7 Å². The van der Waals surface area contributed by atoms with Crippen LogP contribution < -0.4 is 5.73 Å². The summed E-state index contributed by atoms with van der Waals surface area (Å²) in [6.45, 7) is 6.74. The van der Waals surface area contributed by atoms with Gasteiger partial charge in [0.25, 0.3) is 0 Å². The Balaban J connectivity index is 1.86. The average molecular weight is 924 g/mol. The third-order valence-corrected chi connectivity index (χ3v) is 12.0. The number of allylic oxidation sites excluding steroid dienone is 12. The lowest BCUT2D eigenvalue weighted by Crippen LogP contribution is -2.61. The van der Waals surface area contributed by atoms with Gasteiger partial charge < -0.3 is 80.9 Å². The van der Waals surface area contributed by atoms with Gasteiger partial charge in [0.2, 0.25) is 0 Å². The largest absolute Gasteiger partial charge is 0.481 e. The van der Waals surface area contributed by atoms with Gasteiger partial charge in [0.1, 0.15) is 18.1 Å². The van der Waals surface area contributed by atoms with Crippen LogP contribution in [0.1, 0.15) is 79.1 Å². The number of aliphatic hydroxyl groups is 10. The summed E-state index contributed by atoms with van der Waals surface area (Å²) in [6.07, 6.45) is 3.46. The van der Waals surface area contributed by atoms with Gasteiger partial charge in [-0.05, 0) is 33.1 Å². The van der Waals surface area contributed by atoms with Crippen molar-refractivity contribution in [3.05, 3.63) is 85.1 Å². The number of hydrogen-bond acceptors (Lipinski definition) is 17. The summed E-state index contributed by atoms with van der Waals surface area (Å²) in [6, 6.07) is -1.15. The van der Waals surface area contributed by atoms with Crippen LogP contribution in [0.15, 0.2) is 85.1 Å². The first-order valence-corrected chi connectivity index (χ1v) is 22.3.